The standard InChI is InChI=1S/C23H31NO2.ClH/c1-4-23(19-13-9-7-10-14-19,20-15-11-8-12-16-20)21(22(25)26)17-18-24(5-2)6-3;/h7-16,21H,4-6,17-18H2,1-3H3,(H,25,26);1H/p-1. The van der Waals surface area contributed by atoms with Gasteiger partial charge in [0.25, 0.3) is 0 Å². The Morgan fingerprint density at radius 1 is 0.926 bits per heavy atom. The zero-order valence-electron chi connectivity index (χ0n) is 16.6. The van der Waals surface area contributed by atoms with E-state index in [0.29, 0.717) is 12.8 Å². The van der Waals surface area contributed by atoms with E-state index < -0.39 is 17.3 Å². The molecule has 0 fully saturated rings. The molecule has 1 atom stereocenters. The van der Waals surface area contributed by atoms with Crippen molar-refractivity contribution in [3.63, 3.8) is 0 Å². The van der Waals surface area contributed by atoms with Crippen LogP contribution in [0, 0.1) is 5.92 Å². The highest BCUT2D eigenvalue weighted by atomic mass is 35.5. The number of carboxylic acids is 1. The number of hydrogen-bond donors (Lipinski definition) is 0. The van der Waals surface area contributed by atoms with Crippen LogP contribution in [0.2, 0.25) is 0 Å². The maximum Gasteiger partial charge on any atom is 0.0458 e. The topological polar surface area (TPSA) is 43.4 Å². The van der Waals surface area contributed by atoms with Crippen molar-refractivity contribution in [2.75, 3.05) is 19.6 Å². The number of nitrogens with zero attached hydrogens (tertiary/aromatic N) is 1. The molecule has 0 spiro atoms. The molecule has 0 aliphatic rings. The van der Waals surface area contributed by atoms with Gasteiger partial charge in [0.2, 0.25) is 0 Å². The molecular weight excluding hydrogens is 358 g/mol. The Labute approximate surface area is 169 Å². The minimum absolute atomic E-state index is 0. The maximum atomic E-state index is 12.3. The van der Waals surface area contributed by atoms with Crippen LogP contribution in [0.4, 0.5) is 0 Å². The summed E-state index contributed by atoms with van der Waals surface area (Å²) < 4.78 is 0. The van der Waals surface area contributed by atoms with Crippen LogP contribution >= 0.6 is 12.4 Å². The van der Waals surface area contributed by atoms with E-state index in [4.69, 9.17) is 0 Å². The summed E-state index contributed by atoms with van der Waals surface area (Å²) in [5.41, 5.74) is 1.50. The van der Waals surface area contributed by atoms with Gasteiger partial charge in [0.15, 0.2) is 0 Å². The van der Waals surface area contributed by atoms with Crippen molar-refractivity contribution in [3.8, 4) is 0 Å². The van der Waals surface area contributed by atoms with E-state index in [1.165, 1.54) is 0 Å². The van der Waals surface area contributed by atoms with E-state index in [2.05, 4.69) is 25.7 Å². The van der Waals surface area contributed by atoms with Gasteiger partial charge < -0.3 is 14.8 Å². The number of carbonyl (C=O) groups is 1. The minimum atomic E-state index is -0.966. The Kier molecular flexibility index (Phi) is 9.54. The minimum Gasteiger partial charge on any atom is -0.550 e. The van der Waals surface area contributed by atoms with Crippen LogP contribution in [0.1, 0.15) is 44.7 Å². The average Bonchev–Trinajstić information content (AvgIpc) is 2.69. The average molecular weight is 389 g/mol. The molecule has 2 rings (SSSR count). The number of rotatable bonds is 10. The summed E-state index contributed by atoms with van der Waals surface area (Å²) in [5.74, 6) is -1.55. The normalized spacial score (nSPS) is 12.4. The molecule has 4 heteroatoms. The van der Waals surface area contributed by atoms with Gasteiger partial charge in [0.05, 0.1) is 0 Å². The highest BCUT2D eigenvalue weighted by Crippen LogP contribution is 2.43. The van der Waals surface area contributed by atoms with Crippen LogP contribution in [0.3, 0.4) is 0 Å². The first kappa shape index (κ1) is 23.2. The highest BCUT2D eigenvalue weighted by molar-refractivity contribution is 5.85. The summed E-state index contributed by atoms with van der Waals surface area (Å²) >= 11 is 0. The van der Waals surface area contributed by atoms with Gasteiger partial charge in [-0.25, -0.2) is 0 Å². The molecule has 0 bridgehead atoms. The molecule has 0 heterocycles. The highest BCUT2D eigenvalue weighted by Gasteiger charge is 2.41. The number of hydrogen-bond acceptors (Lipinski definition) is 3. The van der Waals surface area contributed by atoms with E-state index in [1.807, 2.05) is 60.7 Å². The fraction of sp³-hybridized carbons (Fsp3) is 0.435. The summed E-state index contributed by atoms with van der Waals surface area (Å²) in [5, 5.41) is 12.3. The van der Waals surface area contributed by atoms with E-state index >= 15 is 0 Å². The number of aliphatic carboxylic acids is 1. The predicted octanol–water partition coefficient (Wildman–Crippen LogP) is 3.90. The lowest BCUT2D eigenvalue weighted by atomic mass is 9.63. The van der Waals surface area contributed by atoms with Gasteiger partial charge in [-0.3, -0.25) is 0 Å². The molecule has 0 aliphatic heterocycles. The third-order valence-electron chi connectivity index (χ3n) is 5.64. The first-order valence-corrected chi connectivity index (χ1v) is 9.64. The largest absolute Gasteiger partial charge is 0.550 e. The summed E-state index contributed by atoms with van der Waals surface area (Å²) in [6, 6.07) is 20.1. The van der Waals surface area contributed by atoms with Gasteiger partial charge in [0.1, 0.15) is 0 Å². The fourth-order valence-corrected chi connectivity index (χ4v) is 4.11. The molecule has 2 aromatic carbocycles. The first-order valence-electron chi connectivity index (χ1n) is 9.64. The molecule has 3 nitrogen and oxygen atoms in total. The monoisotopic (exact) mass is 388 g/mol. The predicted molar refractivity (Wildman–Crippen MR) is 112 cm³/mol. The van der Waals surface area contributed by atoms with Gasteiger partial charge in [-0.05, 0) is 43.6 Å². The van der Waals surface area contributed by atoms with Crippen LogP contribution in [0.15, 0.2) is 60.7 Å². The number of halogens is 1. The molecule has 0 radical (unpaired) electrons. The lowest BCUT2D eigenvalue weighted by Crippen LogP contribution is -2.48. The second-order valence-electron chi connectivity index (χ2n) is 6.74. The first-order chi connectivity index (χ1) is 12.6. The van der Waals surface area contributed by atoms with Crippen LogP contribution in [-0.2, 0) is 10.2 Å². The fourth-order valence-electron chi connectivity index (χ4n) is 4.11. The van der Waals surface area contributed by atoms with Gasteiger partial charge in [-0.15, -0.1) is 12.4 Å². The summed E-state index contributed by atoms with van der Waals surface area (Å²) in [4.78, 5) is 14.6. The molecule has 0 N–H and O–H groups in total. The molecule has 0 saturated carbocycles. The smallest absolute Gasteiger partial charge is 0.0458 e. The second-order valence-corrected chi connectivity index (χ2v) is 6.74. The molecule has 2 aromatic rings. The van der Waals surface area contributed by atoms with Crippen molar-refractivity contribution >= 4 is 18.4 Å². The van der Waals surface area contributed by atoms with Crippen LogP contribution in [0.25, 0.3) is 0 Å². The Bertz CT molecular complexity index is 632. The molecular formula is C23H31ClNO2-. The maximum absolute atomic E-state index is 12.3. The molecule has 0 aliphatic carbocycles. The number of carbonyl (C=O) groups excluding carboxylic acids is 1. The Hall–Kier alpha value is -1.84. The Morgan fingerprint density at radius 2 is 1.37 bits per heavy atom. The van der Waals surface area contributed by atoms with Gasteiger partial charge in [0, 0.05) is 17.3 Å². The SMILES string of the molecule is CCN(CC)CCC(C(=O)[O-])C(CC)(c1ccccc1)c1ccccc1.Cl. The van der Waals surface area contributed by atoms with Crippen molar-refractivity contribution in [2.24, 2.45) is 5.92 Å². The summed E-state index contributed by atoms with van der Waals surface area (Å²) in [6.07, 6.45) is 1.28. The molecule has 27 heavy (non-hydrogen) atoms. The van der Waals surface area contributed by atoms with Gasteiger partial charge >= 0.3 is 0 Å². The van der Waals surface area contributed by atoms with Crippen LogP contribution in [0.5, 0.6) is 0 Å². The third kappa shape index (κ3) is 5.12. The summed E-state index contributed by atoms with van der Waals surface area (Å²) in [7, 11) is 0. The van der Waals surface area contributed by atoms with Gasteiger partial charge in [-0.1, -0.05) is 81.4 Å². The second kappa shape index (κ2) is 11.1. The van der Waals surface area contributed by atoms with Crippen molar-refractivity contribution in [3.05, 3.63) is 71.8 Å². The van der Waals surface area contributed by atoms with Crippen molar-refractivity contribution in [2.45, 2.75) is 39.0 Å². The Morgan fingerprint density at radius 3 is 1.70 bits per heavy atom. The lowest BCUT2D eigenvalue weighted by Gasteiger charge is -2.43. The van der Waals surface area contributed by atoms with E-state index in [9.17, 15) is 9.90 Å². The van der Waals surface area contributed by atoms with E-state index in [0.717, 1.165) is 30.8 Å². The molecule has 0 saturated heterocycles. The van der Waals surface area contributed by atoms with E-state index in [-0.39, 0.29) is 12.4 Å². The van der Waals surface area contributed by atoms with Crippen molar-refractivity contribution in [1.29, 1.82) is 0 Å². The zero-order chi connectivity index (χ0) is 19.0. The number of benzene rings is 2. The molecule has 148 valence electrons. The Balaban J connectivity index is 0.00000364. The molecule has 0 amide bonds. The molecule has 1 unspecified atom stereocenters. The lowest BCUT2D eigenvalue weighted by molar-refractivity contribution is -0.314. The van der Waals surface area contributed by atoms with Crippen LogP contribution < -0.4 is 5.11 Å². The van der Waals surface area contributed by atoms with Gasteiger partial charge in [-0.2, -0.15) is 0 Å². The van der Waals surface area contributed by atoms with Crippen LogP contribution in [-0.4, -0.2) is 30.5 Å². The zero-order valence-corrected chi connectivity index (χ0v) is 17.4. The molecule has 0 aromatic heterocycles. The van der Waals surface area contributed by atoms with Crippen molar-refractivity contribution < 1.29 is 9.90 Å². The summed E-state index contributed by atoms with van der Waals surface area (Å²) in [6.45, 7) is 8.90. The third-order valence-corrected chi connectivity index (χ3v) is 5.64. The quantitative estimate of drug-likeness (QED) is 0.619. The van der Waals surface area contributed by atoms with E-state index in [1.54, 1.807) is 0 Å². The number of carboxylic acid groups (broad SMARTS) is 1. The van der Waals surface area contributed by atoms with Crippen molar-refractivity contribution in [1.82, 2.24) is 4.90 Å².